The van der Waals surface area contributed by atoms with E-state index in [-0.39, 0.29) is 5.56 Å². The number of benzene rings is 1. The lowest BCUT2D eigenvalue weighted by Crippen LogP contribution is -2.24. The first kappa shape index (κ1) is 14.5. The molecule has 3 heterocycles. The quantitative estimate of drug-likeness (QED) is 0.535. The van der Waals surface area contributed by atoms with E-state index in [1.165, 1.54) is 4.68 Å². The lowest BCUT2D eigenvalue weighted by molar-refractivity contribution is 0.644. The van der Waals surface area contributed by atoms with E-state index in [0.717, 1.165) is 25.0 Å². The zero-order valence-corrected chi connectivity index (χ0v) is 14.7. The lowest BCUT2D eigenvalue weighted by Gasteiger charge is -2.06. The molecule has 0 aliphatic carbocycles. The van der Waals surface area contributed by atoms with Crippen molar-refractivity contribution in [3.05, 3.63) is 56.2 Å². The van der Waals surface area contributed by atoms with Crippen LogP contribution in [0.25, 0.3) is 21.1 Å². The van der Waals surface area contributed by atoms with Gasteiger partial charge in [-0.2, -0.15) is 5.10 Å². The fourth-order valence-corrected chi connectivity index (χ4v) is 4.49. The molecule has 0 radical (unpaired) electrons. The number of anilines is 1. The number of halogens is 1. The number of aryl methyl sites for hydroxylation is 1. The molecule has 0 atom stereocenters. The molecule has 0 spiro atoms. The fourth-order valence-electron chi connectivity index (χ4n) is 2.86. The summed E-state index contributed by atoms with van der Waals surface area (Å²) in [4.78, 5) is 12.8. The number of nitrogens with two attached hydrogens (primary N) is 1. The Hall–Kier alpha value is -2.12. The molecule has 3 aromatic heterocycles. The van der Waals surface area contributed by atoms with Gasteiger partial charge >= 0.3 is 0 Å². The molecule has 0 saturated heterocycles. The summed E-state index contributed by atoms with van der Waals surface area (Å²) < 4.78 is 5.54. The van der Waals surface area contributed by atoms with Crippen LogP contribution in [0.1, 0.15) is 5.56 Å². The van der Waals surface area contributed by atoms with Crippen molar-refractivity contribution in [3.63, 3.8) is 0 Å². The third kappa shape index (κ3) is 2.27. The monoisotopic (exact) mass is 388 g/mol. The van der Waals surface area contributed by atoms with Crippen LogP contribution in [0.15, 0.2) is 45.1 Å². The van der Waals surface area contributed by atoms with Gasteiger partial charge in [-0.25, -0.2) is 4.68 Å². The first-order chi connectivity index (χ1) is 11.0. The molecule has 0 amide bonds. The molecule has 0 saturated carbocycles. The highest BCUT2D eigenvalue weighted by molar-refractivity contribution is 9.11. The Morgan fingerprint density at radius 1 is 1.35 bits per heavy atom. The summed E-state index contributed by atoms with van der Waals surface area (Å²) in [6.45, 7) is 0.405. The molecule has 0 bridgehead atoms. The standard InChI is InChI=1S/C16H13BrN4OS/c1-20-12-6-13(17)23-15(12)11-7-19-21(16(22)14(11)20)8-9-3-2-4-10(18)5-9/h2-7H,8,18H2,1H3. The van der Waals surface area contributed by atoms with Crippen LogP contribution in [0.2, 0.25) is 0 Å². The van der Waals surface area contributed by atoms with Crippen LogP contribution in [-0.2, 0) is 13.6 Å². The number of rotatable bonds is 2. The normalized spacial score (nSPS) is 11.6. The molecular formula is C16H13BrN4OS. The summed E-state index contributed by atoms with van der Waals surface area (Å²) in [5.74, 6) is 0. The van der Waals surface area contributed by atoms with Gasteiger partial charge in [0.15, 0.2) is 0 Å². The van der Waals surface area contributed by atoms with E-state index >= 15 is 0 Å². The molecule has 5 nitrogen and oxygen atoms in total. The maximum absolute atomic E-state index is 12.8. The van der Waals surface area contributed by atoms with E-state index in [4.69, 9.17) is 5.73 Å². The molecule has 116 valence electrons. The van der Waals surface area contributed by atoms with Gasteiger partial charge in [0, 0.05) is 18.1 Å². The van der Waals surface area contributed by atoms with E-state index in [0.29, 0.717) is 17.7 Å². The van der Waals surface area contributed by atoms with Gasteiger partial charge in [0.25, 0.3) is 5.56 Å². The van der Waals surface area contributed by atoms with Gasteiger partial charge in [-0.05, 0) is 39.7 Å². The molecule has 1 aromatic carbocycles. The van der Waals surface area contributed by atoms with Crippen molar-refractivity contribution in [2.75, 3.05) is 5.73 Å². The molecule has 7 heteroatoms. The maximum atomic E-state index is 12.8. The predicted molar refractivity (Wildman–Crippen MR) is 98.0 cm³/mol. The van der Waals surface area contributed by atoms with Crippen LogP contribution in [0.5, 0.6) is 0 Å². The molecular weight excluding hydrogens is 376 g/mol. The molecule has 4 rings (SSSR count). The van der Waals surface area contributed by atoms with Crippen LogP contribution in [-0.4, -0.2) is 14.3 Å². The van der Waals surface area contributed by atoms with Gasteiger partial charge in [0.2, 0.25) is 0 Å². The van der Waals surface area contributed by atoms with E-state index in [1.807, 2.05) is 41.9 Å². The summed E-state index contributed by atoms with van der Waals surface area (Å²) in [6, 6.07) is 9.53. The smallest absolute Gasteiger partial charge is 0.291 e. The lowest BCUT2D eigenvalue weighted by atomic mass is 10.2. The summed E-state index contributed by atoms with van der Waals surface area (Å²) in [6.07, 6.45) is 1.77. The second-order valence-electron chi connectivity index (χ2n) is 5.44. The summed E-state index contributed by atoms with van der Waals surface area (Å²) >= 11 is 5.11. The van der Waals surface area contributed by atoms with Gasteiger partial charge < -0.3 is 10.3 Å². The highest BCUT2D eigenvalue weighted by Gasteiger charge is 2.16. The van der Waals surface area contributed by atoms with Gasteiger partial charge in [0.05, 0.1) is 26.7 Å². The number of aromatic nitrogens is 3. The number of nitrogens with zero attached hydrogens (tertiary/aromatic N) is 3. The largest absolute Gasteiger partial charge is 0.399 e. The van der Waals surface area contributed by atoms with Crippen LogP contribution < -0.4 is 11.3 Å². The number of fused-ring (bicyclic) bond motifs is 3. The molecule has 23 heavy (non-hydrogen) atoms. The highest BCUT2D eigenvalue weighted by atomic mass is 79.9. The maximum Gasteiger partial charge on any atom is 0.291 e. The summed E-state index contributed by atoms with van der Waals surface area (Å²) in [5, 5.41) is 5.24. The molecule has 0 unspecified atom stereocenters. The summed E-state index contributed by atoms with van der Waals surface area (Å²) in [5.41, 5.74) is 9.07. The number of hydrogen-bond donors (Lipinski definition) is 1. The van der Waals surface area contributed by atoms with Crippen LogP contribution in [0, 0.1) is 0 Å². The zero-order valence-electron chi connectivity index (χ0n) is 12.3. The Morgan fingerprint density at radius 3 is 2.96 bits per heavy atom. The minimum atomic E-state index is -0.0908. The second kappa shape index (κ2) is 5.21. The van der Waals surface area contributed by atoms with Crippen molar-refractivity contribution in [2.24, 2.45) is 7.05 Å². The van der Waals surface area contributed by atoms with Gasteiger partial charge in [-0.15, -0.1) is 11.3 Å². The minimum Gasteiger partial charge on any atom is -0.399 e. The molecule has 0 aliphatic heterocycles. The first-order valence-corrected chi connectivity index (χ1v) is 8.63. The van der Waals surface area contributed by atoms with E-state index in [1.54, 1.807) is 17.5 Å². The number of thiophene rings is 1. The first-order valence-electron chi connectivity index (χ1n) is 7.02. The predicted octanol–water partition coefficient (Wildman–Crippen LogP) is 3.34. The summed E-state index contributed by atoms with van der Waals surface area (Å²) in [7, 11) is 1.91. The van der Waals surface area contributed by atoms with Gasteiger partial charge in [-0.3, -0.25) is 4.79 Å². The molecule has 4 aromatic rings. The van der Waals surface area contributed by atoms with Crippen LogP contribution >= 0.6 is 27.3 Å². The third-order valence-electron chi connectivity index (χ3n) is 3.93. The Morgan fingerprint density at radius 2 is 2.17 bits per heavy atom. The van der Waals surface area contributed by atoms with Crippen molar-refractivity contribution >= 4 is 54.1 Å². The average Bonchev–Trinajstić information content (AvgIpc) is 3.00. The number of nitrogen functional groups attached to an aromatic ring is 1. The second-order valence-corrected chi connectivity index (χ2v) is 7.87. The molecule has 2 N–H and O–H groups in total. The highest BCUT2D eigenvalue weighted by Crippen LogP contribution is 2.35. The molecule has 0 fully saturated rings. The van der Waals surface area contributed by atoms with Crippen molar-refractivity contribution in [1.29, 1.82) is 0 Å². The van der Waals surface area contributed by atoms with Gasteiger partial charge in [0.1, 0.15) is 5.52 Å². The van der Waals surface area contributed by atoms with E-state index in [2.05, 4.69) is 21.0 Å². The Labute approximate surface area is 144 Å². The molecule has 0 aliphatic rings. The zero-order chi connectivity index (χ0) is 16.1. The number of hydrogen-bond acceptors (Lipinski definition) is 4. The van der Waals surface area contributed by atoms with Crippen molar-refractivity contribution in [3.8, 4) is 0 Å². The Kier molecular flexibility index (Phi) is 3.28. The van der Waals surface area contributed by atoms with Gasteiger partial charge in [-0.1, -0.05) is 12.1 Å². The van der Waals surface area contributed by atoms with E-state index in [9.17, 15) is 4.79 Å². The van der Waals surface area contributed by atoms with Crippen molar-refractivity contribution in [2.45, 2.75) is 6.54 Å². The van der Waals surface area contributed by atoms with Crippen molar-refractivity contribution in [1.82, 2.24) is 14.3 Å². The van der Waals surface area contributed by atoms with E-state index < -0.39 is 0 Å². The average molecular weight is 389 g/mol. The third-order valence-corrected chi connectivity index (χ3v) is 5.59. The SMILES string of the molecule is Cn1c2cc(Br)sc2c2cnn(Cc3cccc(N)c3)c(=O)c21. The fraction of sp³-hybridized carbons (Fsp3) is 0.125. The Balaban J connectivity index is 1.91. The minimum absolute atomic E-state index is 0.0908. The topological polar surface area (TPSA) is 65.8 Å². The van der Waals surface area contributed by atoms with Crippen LogP contribution in [0.3, 0.4) is 0 Å². The van der Waals surface area contributed by atoms with Crippen molar-refractivity contribution < 1.29 is 0 Å². The van der Waals surface area contributed by atoms with Crippen LogP contribution in [0.4, 0.5) is 5.69 Å². The Bertz CT molecular complexity index is 1110.